The largest absolute Gasteiger partial charge is 0.497 e. The van der Waals surface area contributed by atoms with Crippen LogP contribution >= 0.6 is 0 Å². The number of carbonyl (C=O) groups excluding carboxylic acids is 3. The molecule has 0 saturated carbocycles. The molecule has 2 aromatic rings. The van der Waals surface area contributed by atoms with Crippen molar-refractivity contribution >= 4 is 29.2 Å². The van der Waals surface area contributed by atoms with Crippen LogP contribution in [0.4, 0.5) is 11.4 Å². The third-order valence-corrected chi connectivity index (χ3v) is 3.67. The molecule has 2 rings (SSSR count). The molecule has 2 amide bonds. The zero-order chi connectivity index (χ0) is 19.1. The Labute approximate surface area is 151 Å². The van der Waals surface area contributed by atoms with Crippen molar-refractivity contribution in [1.29, 1.82) is 0 Å². The van der Waals surface area contributed by atoms with Crippen LogP contribution in [0.25, 0.3) is 0 Å². The molecule has 0 aliphatic heterocycles. The highest BCUT2D eigenvalue weighted by Crippen LogP contribution is 2.20. The highest BCUT2D eigenvalue weighted by molar-refractivity contribution is 6.05. The first-order chi connectivity index (χ1) is 12.5. The molecular formula is C19H20N2O5. The Morgan fingerprint density at radius 1 is 1.00 bits per heavy atom. The van der Waals surface area contributed by atoms with E-state index in [1.165, 1.54) is 18.9 Å². The standard InChI is InChI=1S/C19H20N2O5/c1-13(22)21(14-8-10-15(25-2)11-9-14)12-18(23)20-17-7-5-4-6-16(17)19(24)26-3/h4-11H,12H2,1-3H3,(H,20,23). The Hall–Kier alpha value is -3.35. The zero-order valence-corrected chi connectivity index (χ0v) is 14.8. The number of para-hydroxylation sites is 1. The molecule has 0 atom stereocenters. The number of ether oxygens (including phenoxy) is 2. The van der Waals surface area contributed by atoms with Gasteiger partial charge in [0.2, 0.25) is 11.8 Å². The Balaban J connectivity index is 2.16. The van der Waals surface area contributed by atoms with Gasteiger partial charge in [0.15, 0.2) is 0 Å². The molecule has 7 heteroatoms. The predicted octanol–water partition coefficient (Wildman–Crippen LogP) is 2.47. The van der Waals surface area contributed by atoms with Gasteiger partial charge in [0, 0.05) is 12.6 Å². The summed E-state index contributed by atoms with van der Waals surface area (Å²) in [5, 5.41) is 2.65. The lowest BCUT2D eigenvalue weighted by molar-refractivity contribution is -0.120. The monoisotopic (exact) mass is 356 g/mol. The quantitative estimate of drug-likeness (QED) is 0.804. The first-order valence-electron chi connectivity index (χ1n) is 7.85. The summed E-state index contributed by atoms with van der Waals surface area (Å²) in [6.07, 6.45) is 0. The van der Waals surface area contributed by atoms with Crippen molar-refractivity contribution in [3.8, 4) is 5.75 Å². The fraction of sp³-hybridized carbons (Fsp3) is 0.211. The van der Waals surface area contributed by atoms with E-state index in [-0.39, 0.29) is 18.0 Å². The Kier molecular flexibility index (Phi) is 6.32. The van der Waals surface area contributed by atoms with Crippen molar-refractivity contribution < 1.29 is 23.9 Å². The minimum absolute atomic E-state index is 0.197. The second kappa shape index (κ2) is 8.66. The fourth-order valence-electron chi connectivity index (χ4n) is 2.36. The highest BCUT2D eigenvalue weighted by atomic mass is 16.5. The van der Waals surface area contributed by atoms with Gasteiger partial charge in [-0.3, -0.25) is 9.59 Å². The number of benzene rings is 2. The van der Waals surface area contributed by atoms with Gasteiger partial charge >= 0.3 is 5.97 Å². The first kappa shape index (κ1) is 19.0. The van der Waals surface area contributed by atoms with E-state index < -0.39 is 11.9 Å². The molecule has 0 aliphatic carbocycles. The zero-order valence-electron chi connectivity index (χ0n) is 14.8. The minimum atomic E-state index is -0.556. The number of hydrogen-bond acceptors (Lipinski definition) is 5. The van der Waals surface area contributed by atoms with E-state index in [0.29, 0.717) is 17.1 Å². The summed E-state index contributed by atoms with van der Waals surface area (Å²) >= 11 is 0. The van der Waals surface area contributed by atoms with Crippen molar-refractivity contribution in [2.45, 2.75) is 6.92 Å². The molecule has 0 saturated heterocycles. The van der Waals surface area contributed by atoms with Gasteiger partial charge in [-0.15, -0.1) is 0 Å². The van der Waals surface area contributed by atoms with Gasteiger partial charge in [0.1, 0.15) is 12.3 Å². The van der Waals surface area contributed by atoms with Gasteiger partial charge in [0.25, 0.3) is 0 Å². The van der Waals surface area contributed by atoms with Crippen LogP contribution in [0, 0.1) is 0 Å². The number of methoxy groups -OCH3 is 2. The summed E-state index contributed by atoms with van der Waals surface area (Å²) in [6, 6.07) is 13.3. The molecule has 0 bridgehead atoms. The van der Waals surface area contributed by atoms with Crippen molar-refractivity contribution in [2.24, 2.45) is 0 Å². The Morgan fingerprint density at radius 2 is 1.65 bits per heavy atom. The van der Waals surface area contributed by atoms with E-state index in [0.717, 1.165) is 0 Å². The number of carbonyl (C=O) groups is 3. The molecule has 1 N–H and O–H groups in total. The molecule has 0 heterocycles. The molecule has 0 aromatic heterocycles. The van der Waals surface area contributed by atoms with Crippen molar-refractivity contribution in [3.05, 3.63) is 54.1 Å². The van der Waals surface area contributed by atoms with Crippen LogP contribution in [0.5, 0.6) is 5.75 Å². The number of amides is 2. The lowest BCUT2D eigenvalue weighted by Gasteiger charge is -2.21. The Morgan fingerprint density at radius 3 is 2.23 bits per heavy atom. The maximum absolute atomic E-state index is 12.4. The second-order valence-electron chi connectivity index (χ2n) is 5.39. The van der Waals surface area contributed by atoms with Gasteiger partial charge in [-0.2, -0.15) is 0 Å². The number of nitrogens with zero attached hydrogens (tertiary/aromatic N) is 1. The number of rotatable bonds is 6. The van der Waals surface area contributed by atoms with Crippen LogP contribution in [0.1, 0.15) is 17.3 Å². The average molecular weight is 356 g/mol. The first-order valence-corrected chi connectivity index (χ1v) is 7.85. The van der Waals surface area contributed by atoms with Gasteiger partial charge < -0.3 is 19.7 Å². The summed E-state index contributed by atoms with van der Waals surface area (Å²) in [4.78, 5) is 37.5. The molecule has 0 aliphatic rings. The number of esters is 1. The molecule has 0 fully saturated rings. The average Bonchev–Trinajstić information content (AvgIpc) is 2.66. The van der Waals surface area contributed by atoms with E-state index in [4.69, 9.17) is 9.47 Å². The van der Waals surface area contributed by atoms with Gasteiger partial charge in [0.05, 0.1) is 25.5 Å². The number of nitrogens with one attached hydrogen (secondary N) is 1. The number of hydrogen-bond donors (Lipinski definition) is 1. The van der Waals surface area contributed by atoms with Crippen molar-refractivity contribution in [2.75, 3.05) is 31.0 Å². The lowest BCUT2D eigenvalue weighted by Crippen LogP contribution is -2.36. The summed E-state index contributed by atoms with van der Waals surface area (Å²) in [5.74, 6) is -0.632. The molecule has 26 heavy (non-hydrogen) atoms. The maximum atomic E-state index is 12.4. The van der Waals surface area contributed by atoms with E-state index in [1.54, 1.807) is 55.6 Å². The minimum Gasteiger partial charge on any atom is -0.497 e. The van der Waals surface area contributed by atoms with Crippen LogP contribution in [0.2, 0.25) is 0 Å². The van der Waals surface area contributed by atoms with Crippen molar-refractivity contribution in [1.82, 2.24) is 0 Å². The molecule has 0 radical (unpaired) electrons. The third kappa shape index (κ3) is 4.60. The smallest absolute Gasteiger partial charge is 0.339 e. The maximum Gasteiger partial charge on any atom is 0.339 e. The summed E-state index contributed by atoms with van der Waals surface area (Å²) < 4.78 is 9.79. The molecule has 2 aromatic carbocycles. The second-order valence-corrected chi connectivity index (χ2v) is 5.39. The summed E-state index contributed by atoms with van der Waals surface area (Å²) in [6.45, 7) is 1.18. The van der Waals surface area contributed by atoms with E-state index >= 15 is 0 Å². The SMILES string of the molecule is COC(=O)c1ccccc1NC(=O)CN(C(C)=O)c1ccc(OC)cc1. The van der Waals surface area contributed by atoms with E-state index in [1.807, 2.05) is 0 Å². The summed E-state index contributed by atoms with van der Waals surface area (Å²) in [5.41, 5.74) is 1.12. The normalized spacial score (nSPS) is 9.96. The third-order valence-electron chi connectivity index (χ3n) is 3.67. The predicted molar refractivity (Wildman–Crippen MR) is 97.4 cm³/mol. The van der Waals surface area contributed by atoms with Gasteiger partial charge in [-0.25, -0.2) is 4.79 Å². The molecule has 7 nitrogen and oxygen atoms in total. The summed E-state index contributed by atoms with van der Waals surface area (Å²) in [7, 11) is 2.81. The van der Waals surface area contributed by atoms with Crippen LogP contribution < -0.4 is 15.0 Å². The number of anilines is 2. The topological polar surface area (TPSA) is 84.9 Å². The van der Waals surface area contributed by atoms with Crippen LogP contribution in [-0.2, 0) is 14.3 Å². The van der Waals surface area contributed by atoms with Gasteiger partial charge in [-0.05, 0) is 36.4 Å². The fourth-order valence-corrected chi connectivity index (χ4v) is 2.36. The van der Waals surface area contributed by atoms with Gasteiger partial charge in [-0.1, -0.05) is 12.1 Å². The molecule has 0 unspecified atom stereocenters. The van der Waals surface area contributed by atoms with Crippen molar-refractivity contribution in [3.63, 3.8) is 0 Å². The van der Waals surface area contributed by atoms with Crippen LogP contribution in [-0.4, -0.2) is 38.5 Å². The van der Waals surface area contributed by atoms with Crippen LogP contribution in [0.3, 0.4) is 0 Å². The van der Waals surface area contributed by atoms with E-state index in [2.05, 4.69) is 5.32 Å². The lowest BCUT2D eigenvalue weighted by atomic mass is 10.2. The molecular weight excluding hydrogens is 336 g/mol. The Bertz CT molecular complexity index is 802. The van der Waals surface area contributed by atoms with E-state index in [9.17, 15) is 14.4 Å². The van der Waals surface area contributed by atoms with Crippen LogP contribution in [0.15, 0.2) is 48.5 Å². The highest BCUT2D eigenvalue weighted by Gasteiger charge is 2.18. The molecule has 0 spiro atoms. The molecule has 136 valence electrons.